The lowest BCUT2D eigenvalue weighted by atomic mass is 9.96. The number of hydrogen-bond acceptors (Lipinski definition) is 2. The van der Waals surface area contributed by atoms with E-state index in [0.717, 1.165) is 24.3 Å². The number of hydrogen-bond donors (Lipinski definition) is 1. The van der Waals surface area contributed by atoms with Crippen molar-refractivity contribution in [3.8, 4) is 16.9 Å². The first kappa shape index (κ1) is 12.0. The zero-order valence-corrected chi connectivity index (χ0v) is 11.6. The summed E-state index contributed by atoms with van der Waals surface area (Å²) in [4.78, 5) is 0. The average Bonchev–Trinajstić information content (AvgIpc) is 3.13. The molecule has 1 heterocycles. The molecule has 1 aliphatic carbocycles. The summed E-state index contributed by atoms with van der Waals surface area (Å²) in [7, 11) is 0. The van der Waals surface area contributed by atoms with Crippen molar-refractivity contribution in [3.05, 3.63) is 52.6 Å². The van der Waals surface area contributed by atoms with E-state index in [1.165, 1.54) is 47.1 Å². The minimum Gasteiger partial charge on any atom is -0.493 e. The molecule has 2 nitrogen and oxygen atoms in total. The highest BCUT2D eigenvalue weighted by atomic mass is 16.5. The van der Waals surface area contributed by atoms with E-state index in [1.807, 2.05) is 0 Å². The van der Waals surface area contributed by atoms with Crippen LogP contribution in [0.3, 0.4) is 0 Å². The van der Waals surface area contributed by atoms with Gasteiger partial charge in [0.2, 0.25) is 0 Å². The van der Waals surface area contributed by atoms with Crippen LogP contribution in [-0.4, -0.2) is 6.61 Å². The van der Waals surface area contributed by atoms with E-state index >= 15 is 0 Å². The fourth-order valence-electron chi connectivity index (χ4n) is 3.46. The van der Waals surface area contributed by atoms with E-state index in [2.05, 4.69) is 30.3 Å². The molecule has 4 rings (SSSR count). The van der Waals surface area contributed by atoms with E-state index in [9.17, 15) is 0 Å². The molecule has 2 aromatic rings. The Morgan fingerprint density at radius 1 is 0.900 bits per heavy atom. The van der Waals surface area contributed by atoms with Crippen molar-refractivity contribution in [1.82, 2.24) is 0 Å². The molecule has 2 N–H and O–H groups in total. The smallest absolute Gasteiger partial charge is 0.127 e. The van der Waals surface area contributed by atoms with Crippen molar-refractivity contribution in [2.75, 3.05) is 6.61 Å². The van der Waals surface area contributed by atoms with Gasteiger partial charge in [0.15, 0.2) is 0 Å². The zero-order chi connectivity index (χ0) is 13.5. The fourth-order valence-corrected chi connectivity index (χ4v) is 3.46. The molecule has 1 aliphatic heterocycles. The number of nitrogens with two attached hydrogens (primary N) is 1. The zero-order valence-electron chi connectivity index (χ0n) is 11.6. The van der Waals surface area contributed by atoms with Crippen LogP contribution in [0.4, 0.5) is 0 Å². The Hall–Kier alpha value is -1.80. The Kier molecular flexibility index (Phi) is 2.78. The van der Waals surface area contributed by atoms with Gasteiger partial charge in [-0.1, -0.05) is 18.2 Å². The highest BCUT2D eigenvalue weighted by molar-refractivity contribution is 5.69. The monoisotopic (exact) mass is 265 g/mol. The topological polar surface area (TPSA) is 35.2 Å². The number of aryl methyl sites for hydroxylation is 2. The van der Waals surface area contributed by atoms with E-state index in [0.29, 0.717) is 6.54 Å². The Bertz CT molecular complexity index is 675. The normalized spacial score (nSPS) is 15.8. The van der Waals surface area contributed by atoms with Gasteiger partial charge in [-0.25, -0.2) is 0 Å². The molecule has 0 aromatic heterocycles. The van der Waals surface area contributed by atoms with Gasteiger partial charge in [0.1, 0.15) is 5.75 Å². The summed E-state index contributed by atoms with van der Waals surface area (Å²) < 4.78 is 5.71. The Labute approximate surface area is 119 Å². The molecule has 20 heavy (non-hydrogen) atoms. The Morgan fingerprint density at radius 2 is 1.75 bits per heavy atom. The molecular weight excluding hydrogens is 246 g/mol. The first-order chi connectivity index (χ1) is 9.85. The molecule has 0 atom stereocenters. The van der Waals surface area contributed by atoms with Crippen LogP contribution in [0.2, 0.25) is 0 Å². The third-order valence-corrected chi connectivity index (χ3v) is 4.51. The Morgan fingerprint density at radius 3 is 2.65 bits per heavy atom. The SMILES string of the molecule is NCc1cc(-c2ccc3c(c2)CCC3)cc2c1OCC2. The van der Waals surface area contributed by atoms with Crippen molar-refractivity contribution in [3.63, 3.8) is 0 Å². The van der Waals surface area contributed by atoms with Crippen molar-refractivity contribution < 1.29 is 4.74 Å². The van der Waals surface area contributed by atoms with Crippen LogP contribution >= 0.6 is 0 Å². The predicted molar refractivity (Wildman–Crippen MR) is 81.0 cm³/mol. The molecule has 0 amide bonds. The lowest BCUT2D eigenvalue weighted by Crippen LogP contribution is -2.00. The van der Waals surface area contributed by atoms with Crippen LogP contribution in [0.5, 0.6) is 5.75 Å². The number of ether oxygens (including phenoxy) is 1. The van der Waals surface area contributed by atoms with Crippen molar-refractivity contribution in [2.45, 2.75) is 32.2 Å². The molecule has 2 heteroatoms. The van der Waals surface area contributed by atoms with Gasteiger partial charge in [-0.3, -0.25) is 0 Å². The van der Waals surface area contributed by atoms with Gasteiger partial charge in [-0.05, 0) is 59.2 Å². The maximum Gasteiger partial charge on any atom is 0.127 e. The molecule has 0 spiro atoms. The van der Waals surface area contributed by atoms with Crippen molar-refractivity contribution in [1.29, 1.82) is 0 Å². The van der Waals surface area contributed by atoms with Crippen LogP contribution in [0.15, 0.2) is 30.3 Å². The second-order valence-electron chi connectivity index (χ2n) is 5.76. The van der Waals surface area contributed by atoms with E-state index in [1.54, 1.807) is 0 Å². The molecule has 102 valence electrons. The van der Waals surface area contributed by atoms with E-state index < -0.39 is 0 Å². The number of fused-ring (bicyclic) bond motifs is 2. The summed E-state index contributed by atoms with van der Waals surface area (Å²) in [6.07, 6.45) is 4.76. The van der Waals surface area contributed by atoms with Crippen LogP contribution in [0.1, 0.15) is 28.7 Å². The highest BCUT2D eigenvalue weighted by Gasteiger charge is 2.18. The molecule has 0 saturated carbocycles. The maximum atomic E-state index is 5.88. The molecule has 0 radical (unpaired) electrons. The van der Waals surface area contributed by atoms with Crippen molar-refractivity contribution in [2.24, 2.45) is 5.73 Å². The van der Waals surface area contributed by atoms with Gasteiger partial charge in [0.05, 0.1) is 6.61 Å². The molecule has 0 unspecified atom stereocenters. The van der Waals surface area contributed by atoms with Gasteiger partial charge in [0.25, 0.3) is 0 Å². The van der Waals surface area contributed by atoms with E-state index in [-0.39, 0.29) is 0 Å². The van der Waals surface area contributed by atoms with Crippen LogP contribution < -0.4 is 10.5 Å². The Balaban J connectivity index is 1.82. The molecule has 2 aliphatic rings. The average molecular weight is 265 g/mol. The van der Waals surface area contributed by atoms with Gasteiger partial charge in [-0.15, -0.1) is 0 Å². The summed E-state index contributed by atoms with van der Waals surface area (Å²) in [5.74, 6) is 1.03. The predicted octanol–water partition coefficient (Wildman–Crippen LogP) is 3.24. The minimum atomic E-state index is 0.543. The van der Waals surface area contributed by atoms with Gasteiger partial charge < -0.3 is 10.5 Å². The number of benzene rings is 2. The first-order valence-electron chi connectivity index (χ1n) is 7.46. The summed E-state index contributed by atoms with van der Waals surface area (Å²) in [6.45, 7) is 1.33. The lowest BCUT2D eigenvalue weighted by molar-refractivity contribution is 0.353. The fraction of sp³-hybridized carbons (Fsp3) is 0.333. The molecule has 0 saturated heterocycles. The summed E-state index contributed by atoms with van der Waals surface area (Å²) in [5.41, 5.74) is 14.0. The van der Waals surface area contributed by atoms with Gasteiger partial charge in [-0.2, -0.15) is 0 Å². The second-order valence-corrected chi connectivity index (χ2v) is 5.76. The highest BCUT2D eigenvalue weighted by Crippen LogP contribution is 2.35. The van der Waals surface area contributed by atoms with Gasteiger partial charge >= 0.3 is 0 Å². The maximum absolute atomic E-state index is 5.88. The van der Waals surface area contributed by atoms with Crippen LogP contribution in [0.25, 0.3) is 11.1 Å². The second kappa shape index (κ2) is 4.64. The molecule has 0 bridgehead atoms. The third-order valence-electron chi connectivity index (χ3n) is 4.51. The number of rotatable bonds is 2. The van der Waals surface area contributed by atoms with Crippen LogP contribution in [-0.2, 0) is 25.8 Å². The third kappa shape index (κ3) is 1.83. The standard InChI is InChI=1S/C18H19NO/c19-11-17-10-16(9-15-6-7-20-18(15)17)14-5-4-12-2-1-3-13(12)8-14/h4-5,8-10H,1-3,6-7,11,19H2. The summed E-state index contributed by atoms with van der Waals surface area (Å²) in [5, 5.41) is 0. The summed E-state index contributed by atoms with van der Waals surface area (Å²) in [6, 6.07) is 11.4. The van der Waals surface area contributed by atoms with Crippen LogP contribution in [0, 0.1) is 0 Å². The lowest BCUT2D eigenvalue weighted by Gasteiger charge is -2.11. The molecular formula is C18H19NO. The minimum absolute atomic E-state index is 0.543. The first-order valence-corrected chi connectivity index (χ1v) is 7.46. The molecule has 0 fully saturated rings. The van der Waals surface area contributed by atoms with E-state index in [4.69, 9.17) is 10.5 Å². The molecule has 2 aromatic carbocycles. The largest absolute Gasteiger partial charge is 0.493 e. The summed E-state index contributed by atoms with van der Waals surface area (Å²) >= 11 is 0. The van der Waals surface area contributed by atoms with Crippen molar-refractivity contribution >= 4 is 0 Å². The van der Waals surface area contributed by atoms with Gasteiger partial charge in [0, 0.05) is 18.5 Å². The quantitative estimate of drug-likeness (QED) is 0.904.